The molecule has 0 saturated heterocycles. The number of ether oxygens (including phenoxy) is 2. The van der Waals surface area contributed by atoms with Crippen molar-refractivity contribution in [1.29, 1.82) is 0 Å². The van der Waals surface area contributed by atoms with Gasteiger partial charge >= 0.3 is 0 Å². The fourth-order valence-corrected chi connectivity index (χ4v) is 1.99. The normalized spacial score (nSPS) is 13.4. The zero-order chi connectivity index (χ0) is 13.8. The van der Waals surface area contributed by atoms with Crippen molar-refractivity contribution >= 4 is 33.4 Å². The summed E-state index contributed by atoms with van der Waals surface area (Å²) in [6, 6.07) is 6.74. The Kier molecular flexibility index (Phi) is 7.91. The summed E-state index contributed by atoms with van der Waals surface area (Å²) in [5.74, 6) is -0.0603. The Hall–Kier alpha value is -1.66. The van der Waals surface area contributed by atoms with E-state index < -0.39 is 0 Å². The molecule has 0 unspecified atom stereocenters. The number of hydrogen-bond acceptors (Lipinski definition) is 4. The standard InChI is InChI=1S/C13H12BrNO4.2CH4/c1-18-6-7-19-10-4-2-9(3-5-10)15-12(16)8-11(14)13(15)17;;/h2-5,8H,6-7H2,1H3;2*1H4. The largest absolute Gasteiger partial charge is 0.491 e. The van der Waals surface area contributed by atoms with E-state index in [4.69, 9.17) is 9.47 Å². The minimum absolute atomic E-state index is 0. The van der Waals surface area contributed by atoms with Gasteiger partial charge in [-0.05, 0) is 40.2 Å². The minimum Gasteiger partial charge on any atom is -0.491 e. The summed E-state index contributed by atoms with van der Waals surface area (Å²) in [6.45, 7) is 0.951. The highest BCUT2D eigenvalue weighted by molar-refractivity contribution is 9.12. The zero-order valence-electron chi connectivity index (χ0n) is 10.3. The molecule has 0 N–H and O–H groups in total. The van der Waals surface area contributed by atoms with Crippen LogP contribution in [0.1, 0.15) is 14.9 Å². The fourth-order valence-electron chi connectivity index (χ4n) is 1.62. The van der Waals surface area contributed by atoms with Crippen molar-refractivity contribution < 1.29 is 19.1 Å². The molecule has 1 heterocycles. The maximum Gasteiger partial charge on any atom is 0.272 e. The lowest BCUT2D eigenvalue weighted by Gasteiger charge is -2.14. The molecule has 5 nitrogen and oxygen atoms in total. The van der Waals surface area contributed by atoms with Gasteiger partial charge in [-0.2, -0.15) is 0 Å². The van der Waals surface area contributed by atoms with Gasteiger partial charge in [0.15, 0.2) is 0 Å². The number of halogens is 1. The second kappa shape index (κ2) is 8.59. The first-order valence-corrected chi connectivity index (χ1v) is 6.40. The van der Waals surface area contributed by atoms with Crippen LogP contribution in [-0.4, -0.2) is 32.1 Å². The smallest absolute Gasteiger partial charge is 0.272 e. The number of carbonyl (C=O) groups is 2. The zero-order valence-corrected chi connectivity index (χ0v) is 11.8. The van der Waals surface area contributed by atoms with Crippen LogP contribution < -0.4 is 9.64 Å². The van der Waals surface area contributed by atoms with E-state index in [0.717, 1.165) is 4.90 Å². The molecule has 6 heteroatoms. The maximum absolute atomic E-state index is 11.8. The van der Waals surface area contributed by atoms with Gasteiger partial charge in [-0.3, -0.25) is 9.59 Å². The van der Waals surface area contributed by atoms with Crippen LogP contribution in [0.3, 0.4) is 0 Å². The molecule has 1 aromatic carbocycles. The topological polar surface area (TPSA) is 55.8 Å². The molecule has 0 fully saturated rings. The van der Waals surface area contributed by atoms with E-state index >= 15 is 0 Å². The molecule has 2 rings (SSSR count). The Morgan fingerprint density at radius 3 is 2.19 bits per heavy atom. The quantitative estimate of drug-likeness (QED) is 0.600. The lowest BCUT2D eigenvalue weighted by molar-refractivity contribution is -0.120. The average molecular weight is 358 g/mol. The van der Waals surface area contributed by atoms with Gasteiger partial charge < -0.3 is 9.47 Å². The first kappa shape index (κ1) is 19.3. The van der Waals surface area contributed by atoms with Crippen LogP contribution in [0.25, 0.3) is 0 Å². The van der Waals surface area contributed by atoms with Crippen LogP contribution in [0, 0.1) is 0 Å². The van der Waals surface area contributed by atoms with Crippen LogP contribution in [-0.2, 0) is 14.3 Å². The number of amides is 2. The molecule has 21 heavy (non-hydrogen) atoms. The molecule has 0 aromatic heterocycles. The van der Waals surface area contributed by atoms with Crippen LogP contribution in [0.15, 0.2) is 34.8 Å². The predicted molar refractivity (Wildman–Crippen MR) is 86.8 cm³/mol. The van der Waals surface area contributed by atoms with E-state index in [-0.39, 0.29) is 31.2 Å². The second-order valence-corrected chi connectivity index (χ2v) is 4.66. The van der Waals surface area contributed by atoms with Crippen molar-refractivity contribution in [3.05, 3.63) is 34.8 Å². The average Bonchev–Trinajstić information content (AvgIpc) is 2.65. The Labute approximate surface area is 133 Å². The number of carbonyl (C=O) groups excluding carboxylic acids is 2. The summed E-state index contributed by atoms with van der Waals surface area (Å²) in [4.78, 5) is 24.5. The monoisotopic (exact) mass is 357 g/mol. The van der Waals surface area contributed by atoms with Crippen molar-refractivity contribution in [3.8, 4) is 5.75 Å². The van der Waals surface area contributed by atoms with Gasteiger partial charge in [0.2, 0.25) is 0 Å². The summed E-state index contributed by atoms with van der Waals surface area (Å²) >= 11 is 3.05. The molecule has 1 aliphatic rings. The number of anilines is 1. The second-order valence-electron chi connectivity index (χ2n) is 3.81. The Bertz CT molecular complexity index is 525. The van der Waals surface area contributed by atoms with Gasteiger partial charge in [0, 0.05) is 13.2 Å². The molecule has 1 aromatic rings. The van der Waals surface area contributed by atoms with Crippen molar-refractivity contribution in [3.63, 3.8) is 0 Å². The van der Waals surface area contributed by atoms with Gasteiger partial charge in [0.1, 0.15) is 12.4 Å². The van der Waals surface area contributed by atoms with Gasteiger partial charge in [-0.25, -0.2) is 4.90 Å². The summed E-state index contributed by atoms with van der Waals surface area (Å²) in [5.41, 5.74) is 0.514. The van der Waals surface area contributed by atoms with E-state index in [2.05, 4.69) is 15.9 Å². The number of methoxy groups -OCH3 is 1. The van der Waals surface area contributed by atoms with Crippen molar-refractivity contribution in [2.24, 2.45) is 0 Å². The number of imide groups is 1. The Morgan fingerprint density at radius 1 is 1.10 bits per heavy atom. The lowest BCUT2D eigenvalue weighted by atomic mass is 10.3. The Balaban J connectivity index is 0.00000200. The number of hydrogen-bond donors (Lipinski definition) is 0. The van der Waals surface area contributed by atoms with Gasteiger partial charge in [0.05, 0.1) is 16.8 Å². The summed E-state index contributed by atoms with van der Waals surface area (Å²) in [5, 5.41) is 0. The van der Waals surface area contributed by atoms with Crippen LogP contribution >= 0.6 is 15.9 Å². The summed E-state index contributed by atoms with van der Waals surface area (Å²) in [7, 11) is 1.60. The van der Waals surface area contributed by atoms with Crippen molar-refractivity contribution in [2.45, 2.75) is 14.9 Å². The molecule has 2 amide bonds. The third-order valence-corrected chi connectivity index (χ3v) is 3.10. The van der Waals surface area contributed by atoms with Crippen LogP contribution in [0.5, 0.6) is 5.75 Å². The number of rotatable bonds is 5. The molecule has 0 atom stereocenters. The molecule has 0 bridgehead atoms. The maximum atomic E-state index is 11.8. The van der Waals surface area contributed by atoms with Crippen molar-refractivity contribution in [2.75, 3.05) is 25.2 Å². The van der Waals surface area contributed by atoms with E-state index in [9.17, 15) is 9.59 Å². The van der Waals surface area contributed by atoms with E-state index in [1.807, 2.05) is 0 Å². The molecule has 1 aliphatic heterocycles. The third kappa shape index (κ3) is 4.41. The summed E-state index contributed by atoms with van der Waals surface area (Å²) < 4.78 is 10.5. The van der Waals surface area contributed by atoms with Gasteiger partial charge in [0.25, 0.3) is 11.8 Å². The molecular weight excluding hydrogens is 338 g/mol. The highest BCUT2D eigenvalue weighted by Crippen LogP contribution is 2.26. The van der Waals surface area contributed by atoms with Crippen molar-refractivity contribution in [1.82, 2.24) is 0 Å². The number of nitrogens with zero attached hydrogens (tertiary/aromatic N) is 1. The molecule has 0 aliphatic carbocycles. The SMILES string of the molecule is C.C.COCCOc1ccc(N2C(=O)C=C(Br)C2=O)cc1. The molecule has 116 valence electrons. The molecule has 0 saturated carbocycles. The highest BCUT2D eigenvalue weighted by Gasteiger charge is 2.30. The lowest BCUT2D eigenvalue weighted by Crippen LogP contribution is -2.30. The first-order valence-electron chi connectivity index (χ1n) is 5.61. The highest BCUT2D eigenvalue weighted by atomic mass is 79.9. The van der Waals surface area contributed by atoms with Gasteiger partial charge in [-0.15, -0.1) is 0 Å². The molecule has 0 radical (unpaired) electrons. The minimum atomic E-state index is -0.363. The van der Waals surface area contributed by atoms with Crippen LogP contribution in [0.4, 0.5) is 5.69 Å². The van der Waals surface area contributed by atoms with E-state index in [1.165, 1.54) is 6.08 Å². The summed E-state index contributed by atoms with van der Waals surface area (Å²) in [6.07, 6.45) is 1.26. The molecular formula is C15H20BrNO4. The third-order valence-electron chi connectivity index (χ3n) is 2.53. The molecule has 0 spiro atoms. The van der Waals surface area contributed by atoms with E-state index in [0.29, 0.717) is 24.7 Å². The van der Waals surface area contributed by atoms with E-state index in [1.54, 1.807) is 31.4 Å². The first-order chi connectivity index (χ1) is 9.13. The van der Waals surface area contributed by atoms with Crippen LogP contribution in [0.2, 0.25) is 0 Å². The fraction of sp³-hybridized carbons (Fsp3) is 0.333. The predicted octanol–water partition coefficient (Wildman–Crippen LogP) is 3.14. The Morgan fingerprint density at radius 2 is 1.71 bits per heavy atom. The number of benzene rings is 1. The van der Waals surface area contributed by atoms with Gasteiger partial charge in [-0.1, -0.05) is 14.9 Å².